The molecule has 0 saturated heterocycles. The SMILES string of the molecule is c1ccc(-c2cccc(-c3nc(-c4ccccc4)nc(-c4ccc5c6ccc7c8cc(-n9c%10ccccc%10c%10ccccc%109)ccc8sc7c6n(-c6ccccc6)c5c4)n3)c2)cc1. The predicted octanol–water partition coefficient (Wildman–Crippen LogP) is 15.1. The minimum atomic E-state index is 0.625. The smallest absolute Gasteiger partial charge is 0.164 e. The Morgan fingerprint density at radius 3 is 1.56 bits per heavy atom. The van der Waals surface area contributed by atoms with E-state index in [0.717, 1.165) is 44.7 Å². The van der Waals surface area contributed by atoms with Crippen molar-refractivity contribution in [3.63, 3.8) is 0 Å². The summed E-state index contributed by atoms with van der Waals surface area (Å²) >= 11 is 1.86. The standard InChI is InChI=1S/C57H35N5S/c1-4-15-36(16-5-1)38-19-14-20-39(33-38)56-58-55(37-17-6-2-7-18-37)59-57(60-56)40-27-29-45-46-30-31-47-48-35-42(61-49-25-12-10-23-43(49)44-24-11-13-26-50(44)61)28-32-52(48)63-54(47)53(46)62(51(45)34-40)41-21-8-3-9-22-41/h1-35H. The fourth-order valence-corrected chi connectivity index (χ4v) is 10.7. The summed E-state index contributed by atoms with van der Waals surface area (Å²) in [5, 5.41) is 7.41. The van der Waals surface area contributed by atoms with Crippen molar-refractivity contribution in [2.75, 3.05) is 0 Å². The molecule has 63 heavy (non-hydrogen) atoms. The molecule has 0 saturated carbocycles. The minimum Gasteiger partial charge on any atom is -0.309 e. The maximum Gasteiger partial charge on any atom is 0.164 e. The number of fused-ring (bicyclic) bond motifs is 10. The number of benzene rings is 9. The molecule has 4 aromatic heterocycles. The Hall–Kier alpha value is -8.19. The average molecular weight is 822 g/mol. The third-order valence-corrected chi connectivity index (χ3v) is 13.5. The average Bonchev–Trinajstić information content (AvgIpc) is 4.02. The molecule has 9 aromatic carbocycles. The van der Waals surface area contributed by atoms with E-state index >= 15 is 0 Å². The fourth-order valence-electron chi connectivity index (χ4n) is 9.46. The lowest BCUT2D eigenvalue weighted by atomic mass is 10.0. The topological polar surface area (TPSA) is 48.5 Å². The van der Waals surface area contributed by atoms with Crippen molar-refractivity contribution in [3.05, 3.63) is 212 Å². The van der Waals surface area contributed by atoms with Crippen LogP contribution in [0.5, 0.6) is 0 Å². The first-order valence-electron chi connectivity index (χ1n) is 21.2. The van der Waals surface area contributed by atoms with Gasteiger partial charge in [0, 0.05) is 65.1 Å². The van der Waals surface area contributed by atoms with Crippen LogP contribution in [0.15, 0.2) is 212 Å². The zero-order chi connectivity index (χ0) is 41.4. The maximum atomic E-state index is 5.21. The lowest BCUT2D eigenvalue weighted by Gasteiger charge is -2.11. The lowest BCUT2D eigenvalue weighted by molar-refractivity contribution is 1.07. The summed E-state index contributed by atoms with van der Waals surface area (Å²) in [6.07, 6.45) is 0. The van der Waals surface area contributed by atoms with Gasteiger partial charge in [-0.2, -0.15) is 0 Å². The molecule has 5 nitrogen and oxygen atoms in total. The number of hydrogen-bond donors (Lipinski definition) is 0. The number of aromatic nitrogens is 5. The summed E-state index contributed by atoms with van der Waals surface area (Å²) < 4.78 is 7.36. The van der Waals surface area contributed by atoms with Crippen molar-refractivity contribution in [2.45, 2.75) is 0 Å². The van der Waals surface area contributed by atoms with Gasteiger partial charge in [-0.1, -0.05) is 158 Å². The van der Waals surface area contributed by atoms with Crippen LogP contribution < -0.4 is 0 Å². The number of hydrogen-bond acceptors (Lipinski definition) is 4. The molecule has 0 aliphatic carbocycles. The molecular weight excluding hydrogens is 787 g/mol. The monoisotopic (exact) mass is 821 g/mol. The Bertz CT molecular complexity index is 3850. The number of nitrogens with zero attached hydrogens (tertiary/aromatic N) is 5. The summed E-state index contributed by atoms with van der Waals surface area (Å²) in [4.78, 5) is 15.4. The maximum absolute atomic E-state index is 5.21. The fraction of sp³-hybridized carbons (Fsp3) is 0. The molecular formula is C57H35N5S. The third-order valence-electron chi connectivity index (χ3n) is 12.4. The quantitative estimate of drug-likeness (QED) is 0.168. The normalized spacial score (nSPS) is 11.8. The first-order valence-corrected chi connectivity index (χ1v) is 22.0. The highest BCUT2D eigenvalue weighted by molar-refractivity contribution is 7.26. The number of thiophene rings is 1. The second-order valence-electron chi connectivity index (χ2n) is 16.0. The minimum absolute atomic E-state index is 0.625. The molecule has 0 aliphatic rings. The van der Waals surface area contributed by atoms with E-state index in [1.54, 1.807) is 0 Å². The zero-order valence-electron chi connectivity index (χ0n) is 33.9. The van der Waals surface area contributed by atoms with E-state index in [4.69, 9.17) is 15.0 Å². The van der Waals surface area contributed by atoms with Crippen LogP contribution in [0.1, 0.15) is 0 Å². The second kappa shape index (κ2) is 14.2. The van der Waals surface area contributed by atoms with Gasteiger partial charge in [0.15, 0.2) is 17.5 Å². The van der Waals surface area contributed by atoms with E-state index in [1.165, 1.54) is 58.3 Å². The summed E-state index contributed by atoms with van der Waals surface area (Å²) in [6.45, 7) is 0. The van der Waals surface area contributed by atoms with Gasteiger partial charge in [0.25, 0.3) is 0 Å². The van der Waals surface area contributed by atoms with Gasteiger partial charge in [-0.3, -0.25) is 0 Å². The van der Waals surface area contributed by atoms with Gasteiger partial charge in [0.2, 0.25) is 0 Å². The van der Waals surface area contributed by atoms with Gasteiger partial charge in [-0.25, -0.2) is 15.0 Å². The molecule has 13 rings (SSSR count). The van der Waals surface area contributed by atoms with Gasteiger partial charge in [0.1, 0.15) is 0 Å². The van der Waals surface area contributed by atoms with E-state index in [-0.39, 0.29) is 0 Å². The van der Waals surface area contributed by atoms with Crippen molar-refractivity contribution in [3.8, 4) is 56.7 Å². The van der Waals surface area contributed by atoms with Crippen molar-refractivity contribution in [1.29, 1.82) is 0 Å². The van der Waals surface area contributed by atoms with Crippen LogP contribution in [0, 0.1) is 0 Å². The van der Waals surface area contributed by atoms with Gasteiger partial charge in [0.05, 0.1) is 26.8 Å². The van der Waals surface area contributed by atoms with Crippen molar-refractivity contribution < 1.29 is 0 Å². The van der Waals surface area contributed by atoms with Gasteiger partial charge >= 0.3 is 0 Å². The Morgan fingerprint density at radius 1 is 0.302 bits per heavy atom. The van der Waals surface area contributed by atoms with Crippen LogP contribution >= 0.6 is 11.3 Å². The number of rotatable bonds is 6. The third kappa shape index (κ3) is 5.73. The molecule has 0 atom stereocenters. The van der Waals surface area contributed by atoms with Crippen molar-refractivity contribution in [2.24, 2.45) is 0 Å². The Labute approximate surface area is 366 Å². The summed E-state index contributed by atoms with van der Waals surface area (Å²) in [5.41, 5.74) is 12.0. The summed E-state index contributed by atoms with van der Waals surface area (Å²) in [6, 6.07) is 75.5. The van der Waals surface area contributed by atoms with Gasteiger partial charge in [-0.05, 0) is 65.7 Å². The highest BCUT2D eigenvalue weighted by atomic mass is 32.1. The highest BCUT2D eigenvalue weighted by Gasteiger charge is 2.21. The summed E-state index contributed by atoms with van der Waals surface area (Å²) in [7, 11) is 0. The van der Waals surface area contributed by atoms with E-state index in [2.05, 4.69) is 197 Å². The molecule has 0 radical (unpaired) electrons. The Morgan fingerprint density at radius 2 is 0.841 bits per heavy atom. The van der Waals surface area contributed by atoms with Crippen LogP contribution in [0.3, 0.4) is 0 Å². The second-order valence-corrected chi connectivity index (χ2v) is 17.1. The predicted molar refractivity (Wildman–Crippen MR) is 263 cm³/mol. The molecule has 0 fully saturated rings. The van der Waals surface area contributed by atoms with Crippen LogP contribution in [0.25, 0.3) is 120 Å². The first-order chi connectivity index (χ1) is 31.2. The summed E-state index contributed by atoms with van der Waals surface area (Å²) in [5.74, 6) is 1.89. The molecule has 0 N–H and O–H groups in total. The van der Waals surface area contributed by atoms with Crippen LogP contribution in [-0.2, 0) is 0 Å². The van der Waals surface area contributed by atoms with E-state index in [9.17, 15) is 0 Å². The van der Waals surface area contributed by atoms with Crippen LogP contribution in [0.4, 0.5) is 0 Å². The molecule has 294 valence electrons. The highest BCUT2D eigenvalue weighted by Crippen LogP contribution is 2.45. The number of para-hydroxylation sites is 3. The molecule has 0 unspecified atom stereocenters. The van der Waals surface area contributed by atoms with Gasteiger partial charge < -0.3 is 9.13 Å². The van der Waals surface area contributed by atoms with Crippen LogP contribution in [-0.4, -0.2) is 24.1 Å². The van der Waals surface area contributed by atoms with Crippen LogP contribution in [0.2, 0.25) is 0 Å². The zero-order valence-corrected chi connectivity index (χ0v) is 34.7. The molecule has 6 heteroatoms. The van der Waals surface area contributed by atoms with Gasteiger partial charge in [-0.15, -0.1) is 11.3 Å². The van der Waals surface area contributed by atoms with E-state index < -0.39 is 0 Å². The van der Waals surface area contributed by atoms with E-state index in [1.807, 2.05) is 35.6 Å². The Balaban J connectivity index is 1.02. The molecule has 13 aromatic rings. The first kappa shape index (κ1) is 35.6. The molecule has 4 heterocycles. The molecule has 0 amide bonds. The largest absolute Gasteiger partial charge is 0.309 e. The molecule has 0 bridgehead atoms. The van der Waals surface area contributed by atoms with Crippen molar-refractivity contribution >= 4 is 75.1 Å². The molecule has 0 aliphatic heterocycles. The van der Waals surface area contributed by atoms with E-state index in [0.29, 0.717) is 17.5 Å². The Kier molecular flexibility index (Phi) is 8.01. The van der Waals surface area contributed by atoms with Crippen molar-refractivity contribution in [1.82, 2.24) is 24.1 Å². The molecule has 0 spiro atoms. The lowest BCUT2D eigenvalue weighted by Crippen LogP contribution is -2.00.